The van der Waals surface area contributed by atoms with Crippen LogP contribution in [0.3, 0.4) is 0 Å². The molecule has 2 amide bonds. The average molecular weight is 227 g/mol. The van der Waals surface area contributed by atoms with Gasteiger partial charge in [0.2, 0.25) is 0 Å². The molecular weight excluding hydrogens is 214 g/mol. The van der Waals surface area contributed by atoms with Gasteiger partial charge in [0.15, 0.2) is 0 Å². The predicted molar refractivity (Wildman–Crippen MR) is 67.1 cm³/mol. The Morgan fingerprint density at radius 3 is 3.18 bits per heavy atom. The molecule has 1 aromatic heterocycles. The number of nitrogens with zero attached hydrogens (tertiary/aromatic N) is 1. The first kappa shape index (κ1) is 9.96. The number of nitrogens with one attached hydrogen (secondary N) is 2. The molecule has 3 rings (SSSR count). The van der Waals surface area contributed by atoms with Crippen molar-refractivity contribution >= 4 is 24.4 Å². The van der Waals surface area contributed by atoms with Crippen LogP contribution in [0.4, 0.5) is 4.79 Å². The van der Waals surface area contributed by atoms with E-state index in [9.17, 15) is 4.79 Å². The fraction of sp³-hybridized carbons (Fsp3) is 0.154. The van der Waals surface area contributed by atoms with Crippen molar-refractivity contribution in [3.05, 3.63) is 40.2 Å². The molecule has 17 heavy (non-hydrogen) atoms. The largest absolute Gasteiger partial charge is 0.354 e. The standard InChI is InChI=1S/C13H13N3O/c1-14-13(17)16-7-6-10-9-4-2-3-5-11(9)15-12(10)8-16/h2-3,5-8,15H,4H2,1H3,(H,14,17). The maximum absolute atomic E-state index is 11.5. The van der Waals surface area contributed by atoms with Crippen LogP contribution in [0.5, 0.6) is 0 Å². The van der Waals surface area contributed by atoms with Gasteiger partial charge in [0, 0.05) is 30.4 Å². The Labute approximate surface area is 98.6 Å². The van der Waals surface area contributed by atoms with Crippen LogP contribution in [0.1, 0.15) is 11.1 Å². The highest BCUT2D eigenvalue weighted by atomic mass is 16.2. The van der Waals surface area contributed by atoms with E-state index in [1.807, 2.05) is 18.4 Å². The lowest BCUT2D eigenvalue weighted by atomic mass is 10.0. The highest BCUT2D eigenvalue weighted by Crippen LogP contribution is 2.10. The van der Waals surface area contributed by atoms with Crippen molar-refractivity contribution in [2.45, 2.75) is 6.42 Å². The predicted octanol–water partition coefficient (Wildman–Crippen LogP) is 0.271. The Morgan fingerprint density at radius 1 is 1.47 bits per heavy atom. The van der Waals surface area contributed by atoms with Crippen molar-refractivity contribution in [3.8, 4) is 0 Å². The first-order valence-corrected chi connectivity index (χ1v) is 5.57. The molecule has 1 aromatic rings. The quantitative estimate of drug-likeness (QED) is 0.656. The van der Waals surface area contributed by atoms with Crippen LogP contribution in [0.25, 0.3) is 18.4 Å². The van der Waals surface area contributed by atoms with Gasteiger partial charge in [-0.05, 0) is 24.1 Å². The van der Waals surface area contributed by atoms with Gasteiger partial charge >= 0.3 is 6.03 Å². The normalized spacial score (nSPS) is 15.7. The molecule has 2 N–H and O–H groups in total. The van der Waals surface area contributed by atoms with Gasteiger partial charge in [0.05, 0.1) is 5.35 Å². The molecular formula is C13H13N3O. The summed E-state index contributed by atoms with van der Waals surface area (Å²) in [6.07, 6.45) is 12.8. The summed E-state index contributed by atoms with van der Waals surface area (Å²) >= 11 is 0. The summed E-state index contributed by atoms with van der Waals surface area (Å²) in [5.74, 6) is 0. The molecule has 0 atom stereocenters. The van der Waals surface area contributed by atoms with E-state index in [0.29, 0.717) is 0 Å². The zero-order valence-electron chi connectivity index (χ0n) is 9.53. The maximum Gasteiger partial charge on any atom is 0.325 e. The Balaban J connectivity index is 2.14. The molecule has 0 saturated heterocycles. The van der Waals surface area contributed by atoms with Crippen molar-refractivity contribution in [1.29, 1.82) is 0 Å². The highest BCUT2D eigenvalue weighted by molar-refractivity contribution is 5.81. The molecule has 0 radical (unpaired) electrons. The fourth-order valence-corrected chi connectivity index (χ4v) is 2.19. The van der Waals surface area contributed by atoms with E-state index in [2.05, 4.69) is 22.5 Å². The third-order valence-corrected chi connectivity index (χ3v) is 3.05. The second-order valence-electron chi connectivity index (χ2n) is 4.05. The lowest BCUT2D eigenvalue weighted by molar-refractivity contribution is 0.231. The van der Waals surface area contributed by atoms with Crippen LogP contribution in [0, 0.1) is 0 Å². The summed E-state index contributed by atoms with van der Waals surface area (Å²) in [6.45, 7) is 0. The van der Waals surface area contributed by atoms with Crippen LogP contribution in [0.15, 0.2) is 18.4 Å². The molecule has 4 heteroatoms. The fourth-order valence-electron chi connectivity index (χ4n) is 2.19. The minimum atomic E-state index is -0.137. The summed E-state index contributed by atoms with van der Waals surface area (Å²) in [5, 5.41) is 4.72. The number of allylic oxidation sites excluding steroid dienone is 2. The number of amides is 2. The topological polar surface area (TPSA) is 48.1 Å². The number of fused-ring (bicyclic) bond motifs is 3. The minimum absolute atomic E-state index is 0.137. The number of H-pyrrole nitrogens is 1. The van der Waals surface area contributed by atoms with Gasteiger partial charge in [-0.1, -0.05) is 12.2 Å². The van der Waals surface area contributed by atoms with Gasteiger partial charge in [-0.25, -0.2) is 4.79 Å². The number of carbonyl (C=O) groups is 1. The number of hydrogen-bond acceptors (Lipinski definition) is 1. The number of aromatic nitrogens is 1. The molecule has 0 aromatic carbocycles. The average Bonchev–Trinajstić information content (AvgIpc) is 2.75. The summed E-state index contributed by atoms with van der Waals surface area (Å²) in [5.41, 5.74) is 2.48. The van der Waals surface area contributed by atoms with Crippen molar-refractivity contribution in [3.63, 3.8) is 0 Å². The molecule has 0 unspecified atom stereocenters. The Bertz CT molecular complexity index is 649. The molecule has 0 spiro atoms. The summed E-state index contributed by atoms with van der Waals surface area (Å²) in [6, 6.07) is -0.137. The van der Waals surface area contributed by atoms with Crippen molar-refractivity contribution in [1.82, 2.24) is 15.2 Å². The highest BCUT2D eigenvalue weighted by Gasteiger charge is 2.14. The SMILES string of the molecule is CNC(=O)N1C=Cc2c3c([nH]c2=C1)=CC=CC3. The molecule has 0 fully saturated rings. The molecule has 1 aliphatic carbocycles. The van der Waals surface area contributed by atoms with E-state index in [4.69, 9.17) is 0 Å². The number of rotatable bonds is 0. The Kier molecular flexibility index (Phi) is 2.14. The monoisotopic (exact) mass is 227 g/mol. The van der Waals surface area contributed by atoms with Crippen molar-refractivity contribution in [2.75, 3.05) is 7.05 Å². The molecule has 1 aliphatic heterocycles. The lowest BCUT2D eigenvalue weighted by Crippen LogP contribution is -2.33. The number of urea groups is 1. The summed E-state index contributed by atoms with van der Waals surface area (Å²) < 4.78 is 0. The second kappa shape index (κ2) is 3.66. The van der Waals surface area contributed by atoms with Gasteiger partial charge in [-0.3, -0.25) is 4.90 Å². The molecule has 0 bridgehead atoms. The zero-order valence-corrected chi connectivity index (χ0v) is 9.53. The van der Waals surface area contributed by atoms with E-state index in [1.165, 1.54) is 16.0 Å². The Morgan fingerprint density at radius 2 is 2.35 bits per heavy atom. The van der Waals surface area contributed by atoms with E-state index >= 15 is 0 Å². The van der Waals surface area contributed by atoms with E-state index in [-0.39, 0.29) is 6.03 Å². The first-order chi connectivity index (χ1) is 8.29. The molecule has 86 valence electrons. The van der Waals surface area contributed by atoms with Crippen LogP contribution in [-0.4, -0.2) is 23.0 Å². The van der Waals surface area contributed by atoms with Gasteiger partial charge in [0.1, 0.15) is 0 Å². The number of carbonyl (C=O) groups excluding carboxylic acids is 1. The van der Waals surface area contributed by atoms with Gasteiger partial charge in [0.25, 0.3) is 0 Å². The molecule has 0 saturated carbocycles. The third-order valence-electron chi connectivity index (χ3n) is 3.05. The van der Waals surface area contributed by atoms with E-state index in [0.717, 1.165) is 17.1 Å². The lowest BCUT2D eigenvalue weighted by Gasteiger charge is -2.15. The maximum atomic E-state index is 11.5. The molecule has 2 heterocycles. The zero-order chi connectivity index (χ0) is 11.8. The van der Waals surface area contributed by atoms with Gasteiger partial charge in [-0.2, -0.15) is 0 Å². The molecule has 2 aliphatic rings. The van der Waals surface area contributed by atoms with E-state index < -0.39 is 0 Å². The third kappa shape index (κ3) is 1.49. The van der Waals surface area contributed by atoms with Crippen LogP contribution in [0.2, 0.25) is 0 Å². The van der Waals surface area contributed by atoms with Crippen molar-refractivity contribution in [2.24, 2.45) is 0 Å². The van der Waals surface area contributed by atoms with E-state index in [1.54, 1.807) is 13.2 Å². The number of hydrogen-bond donors (Lipinski definition) is 2. The first-order valence-electron chi connectivity index (χ1n) is 5.57. The van der Waals surface area contributed by atoms with Gasteiger partial charge in [-0.15, -0.1) is 0 Å². The van der Waals surface area contributed by atoms with Crippen molar-refractivity contribution < 1.29 is 4.79 Å². The van der Waals surface area contributed by atoms with Crippen LogP contribution >= 0.6 is 0 Å². The molecule has 4 nitrogen and oxygen atoms in total. The Hall–Kier alpha value is -2.23. The summed E-state index contributed by atoms with van der Waals surface area (Å²) in [4.78, 5) is 16.4. The summed E-state index contributed by atoms with van der Waals surface area (Å²) in [7, 11) is 1.62. The minimum Gasteiger partial charge on any atom is -0.354 e. The smallest absolute Gasteiger partial charge is 0.325 e. The second-order valence-corrected chi connectivity index (χ2v) is 4.05. The van der Waals surface area contributed by atoms with Crippen LogP contribution < -0.4 is 16.0 Å². The van der Waals surface area contributed by atoms with Gasteiger partial charge < -0.3 is 10.3 Å². The number of aromatic amines is 1. The van der Waals surface area contributed by atoms with Crippen LogP contribution in [-0.2, 0) is 6.42 Å².